The lowest BCUT2D eigenvalue weighted by Gasteiger charge is -2.03. The molecular weight excluding hydrogens is 164 g/mol. The lowest BCUT2D eigenvalue weighted by atomic mass is 10.5. The third-order valence-corrected chi connectivity index (χ3v) is 1.34. The average Bonchev–Trinajstić information content (AvgIpc) is 1.96. The SMILES string of the molecule is O=c1cc(O)n(CCO)c(=O)[nH]1. The van der Waals surface area contributed by atoms with Crippen molar-refractivity contribution in [1.29, 1.82) is 0 Å². The molecule has 0 unspecified atom stereocenters. The van der Waals surface area contributed by atoms with Crippen LogP contribution in [0.15, 0.2) is 15.7 Å². The molecule has 0 saturated heterocycles. The van der Waals surface area contributed by atoms with Crippen LogP contribution in [0.3, 0.4) is 0 Å². The van der Waals surface area contributed by atoms with Crippen molar-refractivity contribution in [2.45, 2.75) is 6.54 Å². The van der Waals surface area contributed by atoms with Crippen LogP contribution in [-0.4, -0.2) is 26.4 Å². The number of aromatic nitrogens is 2. The van der Waals surface area contributed by atoms with Gasteiger partial charge in [0, 0.05) is 0 Å². The normalized spacial score (nSPS) is 10.1. The highest BCUT2D eigenvalue weighted by Crippen LogP contribution is 1.98. The monoisotopic (exact) mass is 172 g/mol. The highest BCUT2D eigenvalue weighted by atomic mass is 16.3. The van der Waals surface area contributed by atoms with Gasteiger partial charge in [-0.3, -0.25) is 14.3 Å². The molecule has 0 radical (unpaired) electrons. The van der Waals surface area contributed by atoms with Gasteiger partial charge < -0.3 is 10.2 Å². The van der Waals surface area contributed by atoms with Gasteiger partial charge in [0.2, 0.25) is 5.88 Å². The molecule has 66 valence electrons. The Morgan fingerprint density at radius 2 is 2.17 bits per heavy atom. The van der Waals surface area contributed by atoms with E-state index in [2.05, 4.69) is 0 Å². The molecule has 0 spiro atoms. The zero-order chi connectivity index (χ0) is 9.14. The summed E-state index contributed by atoms with van der Waals surface area (Å²) in [5.41, 5.74) is -1.39. The van der Waals surface area contributed by atoms with Crippen molar-refractivity contribution < 1.29 is 10.2 Å². The van der Waals surface area contributed by atoms with Crippen LogP contribution in [0.2, 0.25) is 0 Å². The second-order valence-electron chi connectivity index (χ2n) is 2.17. The summed E-state index contributed by atoms with van der Waals surface area (Å²) in [4.78, 5) is 23.4. The van der Waals surface area contributed by atoms with E-state index in [1.54, 1.807) is 0 Å². The van der Waals surface area contributed by atoms with Crippen LogP contribution in [0.5, 0.6) is 5.88 Å². The number of nitrogens with zero attached hydrogens (tertiary/aromatic N) is 1. The number of H-pyrrole nitrogens is 1. The van der Waals surface area contributed by atoms with Crippen molar-refractivity contribution in [2.24, 2.45) is 0 Å². The second kappa shape index (κ2) is 3.22. The van der Waals surface area contributed by atoms with E-state index in [1.165, 1.54) is 0 Å². The van der Waals surface area contributed by atoms with Gasteiger partial charge in [0.1, 0.15) is 0 Å². The Morgan fingerprint density at radius 3 is 2.67 bits per heavy atom. The molecule has 0 bridgehead atoms. The summed E-state index contributed by atoms with van der Waals surface area (Å²) in [5.74, 6) is -0.446. The topological polar surface area (TPSA) is 95.3 Å². The van der Waals surface area contributed by atoms with Crippen LogP contribution in [0.4, 0.5) is 0 Å². The zero-order valence-electron chi connectivity index (χ0n) is 6.15. The summed E-state index contributed by atoms with van der Waals surface area (Å²) in [6.07, 6.45) is 0. The average molecular weight is 172 g/mol. The van der Waals surface area contributed by atoms with Crippen molar-refractivity contribution in [2.75, 3.05) is 6.61 Å². The minimum absolute atomic E-state index is 0.0402. The van der Waals surface area contributed by atoms with E-state index < -0.39 is 17.1 Å². The lowest BCUT2D eigenvalue weighted by Crippen LogP contribution is -2.29. The van der Waals surface area contributed by atoms with Crippen LogP contribution >= 0.6 is 0 Å². The smallest absolute Gasteiger partial charge is 0.331 e. The molecule has 0 fully saturated rings. The number of hydrogen-bond donors (Lipinski definition) is 3. The first-order valence-electron chi connectivity index (χ1n) is 3.29. The van der Waals surface area contributed by atoms with Gasteiger partial charge in [0.15, 0.2) is 0 Å². The first kappa shape index (κ1) is 8.54. The highest BCUT2D eigenvalue weighted by molar-refractivity contribution is 5.05. The van der Waals surface area contributed by atoms with Gasteiger partial charge in [-0.2, -0.15) is 0 Å². The summed E-state index contributed by atoms with van der Waals surface area (Å²) in [5, 5.41) is 17.5. The van der Waals surface area contributed by atoms with E-state index in [4.69, 9.17) is 10.2 Å². The maximum absolute atomic E-state index is 10.9. The predicted octanol–water partition coefficient (Wildman–Crippen LogP) is -1.77. The molecule has 1 rings (SSSR count). The summed E-state index contributed by atoms with van der Waals surface area (Å²) >= 11 is 0. The molecule has 6 nitrogen and oxygen atoms in total. The largest absolute Gasteiger partial charge is 0.494 e. The summed E-state index contributed by atoms with van der Waals surface area (Å²) in [6.45, 7) is -0.318. The van der Waals surface area contributed by atoms with E-state index in [1.807, 2.05) is 4.98 Å². The third kappa shape index (κ3) is 1.54. The maximum atomic E-state index is 10.9. The van der Waals surface area contributed by atoms with E-state index in [-0.39, 0.29) is 13.2 Å². The molecule has 0 aliphatic rings. The number of aromatic amines is 1. The standard InChI is InChI=1S/C6H8N2O4/c9-2-1-8-5(11)3-4(10)7-6(8)12/h3,9,11H,1-2H2,(H,7,10,12). The number of aromatic hydroxyl groups is 1. The molecule has 0 saturated carbocycles. The van der Waals surface area contributed by atoms with Crippen molar-refractivity contribution in [3.8, 4) is 5.88 Å². The molecule has 0 aliphatic heterocycles. The van der Waals surface area contributed by atoms with Gasteiger partial charge in [0.25, 0.3) is 5.56 Å². The predicted molar refractivity (Wildman–Crippen MR) is 40.1 cm³/mol. The third-order valence-electron chi connectivity index (χ3n) is 1.34. The number of aliphatic hydroxyl groups is 1. The Kier molecular flexibility index (Phi) is 2.29. The summed E-state index contributed by atoms with van der Waals surface area (Å²) in [6, 6.07) is 0.872. The number of rotatable bonds is 2. The van der Waals surface area contributed by atoms with E-state index >= 15 is 0 Å². The minimum atomic E-state index is -0.728. The molecule has 1 aromatic heterocycles. The van der Waals surface area contributed by atoms with Crippen molar-refractivity contribution in [3.05, 3.63) is 26.9 Å². The van der Waals surface area contributed by atoms with Crippen LogP contribution in [0.25, 0.3) is 0 Å². The van der Waals surface area contributed by atoms with Crippen LogP contribution in [0.1, 0.15) is 0 Å². The molecule has 0 amide bonds. The van der Waals surface area contributed by atoms with Crippen molar-refractivity contribution >= 4 is 0 Å². The first-order valence-corrected chi connectivity index (χ1v) is 3.29. The molecule has 6 heteroatoms. The first-order chi connectivity index (χ1) is 5.65. The Bertz CT molecular complexity index is 378. The number of aliphatic hydroxyl groups excluding tert-OH is 1. The Labute approximate surface area is 66.7 Å². The lowest BCUT2D eigenvalue weighted by molar-refractivity contribution is 0.262. The van der Waals surface area contributed by atoms with Gasteiger partial charge in [-0.15, -0.1) is 0 Å². The number of nitrogens with one attached hydrogen (secondary N) is 1. The van der Waals surface area contributed by atoms with Gasteiger partial charge in [-0.05, 0) is 0 Å². The molecule has 3 N–H and O–H groups in total. The molecule has 1 heterocycles. The van der Waals surface area contributed by atoms with Gasteiger partial charge in [0.05, 0.1) is 19.2 Å². The quantitative estimate of drug-likeness (QED) is 0.492. The highest BCUT2D eigenvalue weighted by Gasteiger charge is 2.02. The van der Waals surface area contributed by atoms with E-state index in [0.717, 1.165) is 10.6 Å². The molecule has 0 aliphatic carbocycles. The van der Waals surface area contributed by atoms with Crippen LogP contribution in [-0.2, 0) is 6.54 Å². The van der Waals surface area contributed by atoms with E-state index in [0.29, 0.717) is 0 Å². The maximum Gasteiger partial charge on any atom is 0.331 e. The van der Waals surface area contributed by atoms with E-state index in [9.17, 15) is 9.59 Å². The molecular formula is C6H8N2O4. The fourth-order valence-electron chi connectivity index (χ4n) is 0.824. The fraction of sp³-hybridized carbons (Fsp3) is 0.333. The number of hydrogen-bond acceptors (Lipinski definition) is 4. The fourth-order valence-corrected chi connectivity index (χ4v) is 0.824. The minimum Gasteiger partial charge on any atom is -0.494 e. The van der Waals surface area contributed by atoms with Gasteiger partial charge in [-0.1, -0.05) is 0 Å². The molecule has 0 aromatic carbocycles. The van der Waals surface area contributed by atoms with Gasteiger partial charge in [-0.25, -0.2) is 4.79 Å². The Morgan fingerprint density at radius 1 is 1.50 bits per heavy atom. The van der Waals surface area contributed by atoms with Crippen molar-refractivity contribution in [3.63, 3.8) is 0 Å². The summed E-state index contributed by atoms with van der Waals surface area (Å²) < 4.78 is 0.862. The van der Waals surface area contributed by atoms with Crippen LogP contribution in [0, 0.1) is 0 Å². The molecule has 12 heavy (non-hydrogen) atoms. The van der Waals surface area contributed by atoms with Crippen LogP contribution < -0.4 is 11.2 Å². The van der Waals surface area contributed by atoms with Gasteiger partial charge >= 0.3 is 5.69 Å². The van der Waals surface area contributed by atoms with Crippen molar-refractivity contribution in [1.82, 2.24) is 9.55 Å². The Hall–Kier alpha value is -1.56. The zero-order valence-corrected chi connectivity index (χ0v) is 6.15. The molecule has 0 atom stereocenters. The Balaban J connectivity index is 3.29. The summed E-state index contributed by atoms with van der Waals surface area (Å²) in [7, 11) is 0. The molecule has 1 aromatic rings. The second-order valence-corrected chi connectivity index (χ2v) is 2.17.